The average Bonchev–Trinajstić information content (AvgIpc) is 3.27. The van der Waals surface area contributed by atoms with E-state index in [0.717, 1.165) is 36.1 Å². The maximum atomic E-state index is 5.40. The van der Waals surface area contributed by atoms with Gasteiger partial charge in [-0.15, -0.1) is 24.0 Å². The molecule has 2 N–H and O–H groups in total. The van der Waals surface area contributed by atoms with Gasteiger partial charge in [0.1, 0.15) is 5.76 Å². The molecule has 0 spiro atoms. The number of halogens is 1. The summed E-state index contributed by atoms with van der Waals surface area (Å²) < 4.78 is 7.31. The van der Waals surface area contributed by atoms with E-state index in [1.807, 2.05) is 49.0 Å². The van der Waals surface area contributed by atoms with Crippen LogP contribution in [0, 0.1) is 13.8 Å². The molecule has 0 aliphatic heterocycles. The smallest absolute Gasteiger partial charge is 0.191 e. The van der Waals surface area contributed by atoms with Crippen molar-refractivity contribution in [1.29, 1.82) is 0 Å². The predicted octanol–water partition coefficient (Wildman–Crippen LogP) is 3.73. The van der Waals surface area contributed by atoms with Crippen molar-refractivity contribution in [1.82, 2.24) is 20.4 Å². The second kappa shape index (κ2) is 10.9. The Morgan fingerprint density at radius 2 is 1.89 bits per heavy atom. The number of aromatic nitrogens is 2. The number of aliphatic imine (C=N–C) groups is 1. The Kier molecular flexibility index (Phi) is 8.56. The monoisotopic (exact) mass is 493 g/mol. The topological polar surface area (TPSA) is 67.4 Å². The van der Waals surface area contributed by atoms with Gasteiger partial charge < -0.3 is 15.1 Å². The third kappa shape index (κ3) is 6.12. The van der Waals surface area contributed by atoms with Crippen molar-refractivity contribution < 1.29 is 4.42 Å². The first-order valence-electron chi connectivity index (χ1n) is 9.21. The van der Waals surface area contributed by atoms with E-state index in [-0.39, 0.29) is 24.0 Å². The van der Waals surface area contributed by atoms with Crippen LogP contribution in [-0.2, 0) is 26.6 Å². The standard InChI is InChI=1S/C21H27N5O.HI/c1-16-20(17(2)26(3)25-16)15-24-21(22-12-11-19-10-7-13-27-19)23-14-18-8-5-4-6-9-18;/h4-10,13H,11-12,14-15H2,1-3H3,(H2,22,23,24);1H. The Morgan fingerprint density at radius 1 is 1.11 bits per heavy atom. The van der Waals surface area contributed by atoms with E-state index in [0.29, 0.717) is 13.1 Å². The summed E-state index contributed by atoms with van der Waals surface area (Å²) in [6, 6.07) is 14.1. The zero-order valence-electron chi connectivity index (χ0n) is 16.6. The van der Waals surface area contributed by atoms with E-state index < -0.39 is 0 Å². The SMILES string of the molecule is Cc1nn(C)c(C)c1CNC(=NCc1ccccc1)NCCc1ccco1.I. The van der Waals surface area contributed by atoms with Crippen LogP contribution in [0.15, 0.2) is 58.1 Å². The van der Waals surface area contributed by atoms with Crippen LogP contribution in [-0.4, -0.2) is 22.3 Å². The van der Waals surface area contributed by atoms with Gasteiger partial charge in [-0.1, -0.05) is 30.3 Å². The number of nitrogens with one attached hydrogen (secondary N) is 2. The van der Waals surface area contributed by atoms with E-state index in [4.69, 9.17) is 9.41 Å². The highest BCUT2D eigenvalue weighted by Gasteiger charge is 2.10. The molecule has 28 heavy (non-hydrogen) atoms. The normalized spacial score (nSPS) is 11.2. The summed E-state index contributed by atoms with van der Waals surface area (Å²) >= 11 is 0. The average molecular weight is 493 g/mol. The third-order valence-corrected chi connectivity index (χ3v) is 4.60. The first-order chi connectivity index (χ1) is 13.1. The molecule has 3 aromatic rings. The molecule has 0 fully saturated rings. The van der Waals surface area contributed by atoms with Gasteiger partial charge in [0.05, 0.1) is 18.5 Å². The molecule has 6 nitrogen and oxygen atoms in total. The molecule has 0 unspecified atom stereocenters. The number of aryl methyl sites for hydroxylation is 2. The second-order valence-electron chi connectivity index (χ2n) is 6.53. The van der Waals surface area contributed by atoms with Crippen LogP contribution in [0.3, 0.4) is 0 Å². The zero-order valence-corrected chi connectivity index (χ0v) is 18.9. The Bertz CT molecular complexity index is 872. The summed E-state index contributed by atoms with van der Waals surface area (Å²) in [5.74, 6) is 1.75. The lowest BCUT2D eigenvalue weighted by Crippen LogP contribution is -2.38. The lowest BCUT2D eigenvalue weighted by atomic mass is 10.2. The van der Waals surface area contributed by atoms with Gasteiger partial charge in [-0.25, -0.2) is 4.99 Å². The number of rotatable bonds is 7. The van der Waals surface area contributed by atoms with Crippen molar-refractivity contribution in [2.24, 2.45) is 12.0 Å². The number of furan rings is 1. The minimum absolute atomic E-state index is 0. The Labute approximate surface area is 183 Å². The Hall–Kier alpha value is -2.29. The number of hydrogen-bond acceptors (Lipinski definition) is 3. The van der Waals surface area contributed by atoms with Gasteiger partial charge in [0.15, 0.2) is 5.96 Å². The summed E-state index contributed by atoms with van der Waals surface area (Å²) in [4.78, 5) is 4.73. The fraction of sp³-hybridized carbons (Fsp3) is 0.333. The Morgan fingerprint density at radius 3 is 2.54 bits per heavy atom. The molecule has 0 saturated carbocycles. The summed E-state index contributed by atoms with van der Waals surface area (Å²) in [6.45, 7) is 6.19. The molecule has 0 aliphatic rings. The van der Waals surface area contributed by atoms with Crippen LogP contribution in [0.25, 0.3) is 0 Å². The lowest BCUT2D eigenvalue weighted by Gasteiger charge is -2.13. The molecule has 3 rings (SSSR count). The van der Waals surface area contributed by atoms with Gasteiger partial charge in [-0.3, -0.25) is 4.68 Å². The first-order valence-corrected chi connectivity index (χ1v) is 9.21. The minimum atomic E-state index is 0. The highest BCUT2D eigenvalue weighted by atomic mass is 127. The molecule has 2 heterocycles. The lowest BCUT2D eigenvalue weighted by molar-refractivity contribution is 0.506. The quantitative estimate of drug-likeness (QED) is 0.299. The predicted molar refractivity (Wildman–Crippen MR) is 123 cm³/mol. The number of hydrogen-bond donors (Lipinski definition) is 2. The van der Waals surface area contributed by atoms with Crippen LogP contribution >= 0.6 is 24.0 Å². The fourth-order valence-corrected chi connectivity index (χ4v) is 2.93. The number of benzene rings is 1. The molecule has 0 amide bonds. The molecule has 150 valence electrons. The van der Waals surface area contributed by atoms with Gasteiger partial charge in [-0.05, 0) is 31.5 Å². The molecule has 0 atom stereocenters. The maximum absolute atomic E-state index is 5.40. The number of nitrogens with zero attached hydrogens (tertiary/aromatic N) is 3. The largest absolute Gasteiger partial charge is 0.469 e. The van der Waals surface area contributed by atoms with Crippen LogP contribution in [0.2, 0.25) is 0 Å². The van der Waals surface area contributed by atoms with Crippen molar-refractivity contribution in [3.05, 3.63) is 77.0 Å². The number of guanidine groups is 1. The van der Waals surface area contributed by atoms with Gasteiger partial charge in [0, 0.05) is 37.8 Å². The zero-order chi connectivity index (χ0) is 19.1. The second-order valence-corrected chi connectivity index (χ2v) is 6.53. The summed E-state index contributed by atoms with van der Waals surface area (Å²) in [5, 5.41) is 11.3. The van der Waals surface area contributed by atoms with Gasteiger partial charge in [0.25, 0.3) is 0 Å². The molecule has 0 saturated heterocycles. The Balaban J connectivity index is 0.00000280. The van der Waals surface area contributed by atoms with Crippen molar-refractivity contribution in [2.75, 3.05) is 6.54 Å². The van der Waals surface area contributed by atoms with Crippen LogP contribution in [0.1, 0.15) is 28.3 Å². The van der Waals surface area contributed by atoms with E-state index in [2.05, 4.69) is 34.8 Å². The molecule has 7 heteroatoms. The van der Waals surface area contributed by atoms with Crippen molar-refractivity contribution >= 4 is 29.9 Å². The van der Waals surface area contributed by atoms with Crippen molar-refractivity contribution in [3.63, 3.8) is 0 Å². The van der Waals surface area contributed by atoms with Gasteiger partial charge in [0.2, 0.25) is 0 Å². The maximum Gasteiger partial charge on any atom is 0.191 e. The fourth-order valence-electron chi connectivity index (χ4n) is 2.93. The molecule has 0 radical (unpaired) electrons. The highest BCUT2D eigenvalue weighted by Crippen LogP contribution is 2.11. The van der Waals surface area contributed by atoms with E-state index in [1.165, 1.54) is 11.1 Å². The van der Waals surface area contributed by atoms with E-state index in [9.17, 15) is 0 Å². The molecule has 0 bridgehead atoms. The van der Waals surface area contributed by atoms with E-state index >= 15 is 0 Å². The molecule has 1 aromatic carbocycles. The molecule has 2 aromatic heterocycles. The van der Waals surface area contributed by atoms with Crippen molar-refractivity contribution in [3.8, 4) is 0 Å². The summed E-state index contributed by atoms with van der Waals surface area (Å²) in [7, 11) is 1.97. The van der Waals surface area contributed by atoms with Crippen LogP contribution < -0.4 is 10.6 Å². The minimum Gasteiger partial charge on any atom is -0.469 e. The van der Waals surface area contributed by atoms with Gasteiger partial charge in [-0.2, -0.15) is 5.10 Å². The van der Waals surface area contributed by atoms with Gasteiger partial charge >= 0.3 is 0 Å². The molecular weight excluding hydrogens is 465 g/mol. The molecule has 0 aliphatic carbocycles. The highest BCUT2D eigenvalue weighted by molar-refractivity contribution is 14.0. The summed E-state index contributed by atoms with van der Waals surface area (Å²) in [5.41, 5.74) is 4.59. The van der Waals surface area contributed by atoms with Crippen LogP contribution in [0.5, 0.6) is 0 Å². The first kappa shape index (κ1) is 22.0. The third-order valence-electron chi connectivity index (χ3n) is 4.60. The van der Waals surface area contributed by atoms with Crippen molar-refractivity contribution in [2.45, 2.75) is 33.4 Å². The van der Waals surface area contributed by atoms with E-state index in [1.54, 1.807) is 6.26 Å². The van der Waals surface area contributed by atoms with Crippen LogP contribution in [0.4, 0.5) is 0 Å². The molecular formula is C21H28IN5O. The summed E-state index contributed by atoms with van der Waals surface area (Å²) in [6.07, 6.45) is 2.51.